The van der Waals surface area contributed by atoms with E-state index in [9.17, 15) is 4.79 Å². The van der Waals surface area contributed by atoms with E-state index in [2.05, 4.69) is 21.9 Å². The highest BCUT2D eigenvalue weighted by molar-refractivity contribution is 8.26. The lowest BCUT2D eigenvalue weighted by Gasteiger charge is -2.30. The molecule has 0 aliphatic carbocycles. The number of hydrazone groups is 1. The predicted octanol–water partition coefficient (Wildman–Crippen LogP) is 4.47. The molecule has 1 amide bonds. The number of hydrogen-bond acceptors (Lipinski definition) is 8. The van der Waals surface area contributed by atoms with Crippen LogP contribution in [0.4, 0.5) is 0 Å². The molecule has 160 valence electrons. The van der Waals surface area contributed by atoms with Gasteiger partial charge in [-0.1, -0.05) is 18.7 Å². The van der Waals surface area contributed by atoms with Crippen LogP contribution >= 0.6 is 23.5 Å². The van der Waals surface area contributed by atoms with Crippen molar-refractivity contribution in [2.24, 2.45) is 16.0 Å². The molecular formula is C21H21N5O3S2. The van der Waals surface area contributed by atoms with Gasteiger partial charge in [0, 0.05) is 13.1 Å². The zero-order valence-electron chi connectivity index (χ0n) is 16.9. The first kappa shape index (κ1) is 20.2. The van der Waals surface area contributed by atoms with E-state index in [1.807, 2.05) is 18.2 Å². The smallest absolute Gasteiger partial charge is 0.283 e. The van der Waals surface area contributed by atoms with Crippen molar-refractivity contribution >= 4 is 51.7 Å². The summed E-state index contributed by atoms with van der Waals surface area (Å²) in [5.41, 5.74) is 0.165. The molecule has 2 aromatic rings. The number of thioether (sulfide) groups is 2. The molecule has 0 spiro atoms. The fourth-order valence-corrected chi connectivity index (χ4v) is 5.19. The number of carbonyl (C=O) groups is 1. The first-order valence-corrected chi connectivity index (χ1v) is 11.9. The molecule has 10 heteroatoms. The summed E-state index contributed by atoms with van der Waals surface area (Å²) in [5.74, 6) is 2.28. The van der Waals surface area contributed by atoms with Crippen molar-refractivity contribution in [1.82, 2.24) is 9.91 Å². The van der Waals surface area contributed by atoms with Crippen molar-refractivity contribution < 1.29 is 13.6 Å². The fourth-order valence-electron chi connectivity index (χ4n) is 3.48. The Morgan fingerprint density at radius 3 is 2.90 bits per heavy atom. The van der Waals surface area contributed by atoms with E-state index in [0.717, 1.165) is 36.9 Å². The van der Waals surface area contributed by atoms with Crippen LogP contribution in [0.15, 0.2) is 60.1 Å². The molecule has 0 saturated carbocycles. The number of rotatable bonds is 4. The zero-order valence-corrected chi connectivity index (χ0v) is 18.5. The number of nitrogens with zero attached hydrogens (tertiary/aromatic N) is 4. The Morgan fingerprint density at radius 2 is 2.13 bits per heavy atom. The normalized spacial score (nSPS) is 21.0. The highest BCUT2D eigenvalue weighted by Crippen LogP contribution is 2.32. The average molecular weight is 456 g/mol. The van der Waals surface area contributed by atoms with Gasteiger partial charge in [0.05, 0.1) is 17.6 Å². The van der Waals surface area contributed by atoms with Crippen LogP contribution in [0.1, 0.15) is 31.3 Å². The molecule has 0 radical (unpaired) electrons. The minimum atomic E-state index is -0.450. The van der Waals surface area contributed by atoms with Gasteiger partial charge in [0.2, 0.25) is 5.17 Å². The van der Waals surface area contributed by atoms with Crippen molar-refractivity contribution in [2.75, 3.05) is 13.1 Å². The first-order valence-electron chi connectivity index (χ1n) is 10.1. The average Bonchev–Trinajstić information content (AvgIpc) is 3.51. The maximum absolute atomic E-state index is 12.6. The highest BCUT2D eigenvalue weighted by atomic mass is 32.2. The van der Waals surface area contributed by atoms with E-state index in [-0.39, 0.29) is 11.4 Å². The molecule has 5 rings (SSSR count). The molecule has 3 aliphatic rings. The molecule has 1 saturated heterocycles. The van der Waals surface area contributed by atoms with E-state index >= 15 is 0 Å². The summed E-state index contributed by atoms with van der Waals surface area (Å²) in [6.45, 7) is 4.13. The summed E-state index contributed by atoms with van der Waals surface area (Å²) in [5, 5.41) is 16.5. The number of aliphatic imine (C=N–C) groups is 1. The molecule has 0 aromatic carbocycles. The molecule has 0 atom stereocenters. The van der Waals surface area contributed by atoms with Gasteiger partial charge < -0.3 is 13.7 Å². The summed E-state index contributed by atoms with van der Waals surface area (Å²) < 4.78 is 11.1. The molecule has 5 heterocycles. The Balaban J connectivity index is 1.30. The van der Waals surface area contributed by atoms with E-state index in [1.165, 1.54) is 28.5 Å². The van der Waals surface area contributed by atoms with Crippen LogP contribution in [-0.4, -0.2) is 45.1 Å². The van der Waals surface area contributed by atoms with Gasteiger partial charge in [-0.2, -0.15) is 10.0 Å². The van der Waals surface area contributed by atoms with Crippen LogP contribution in [-0.2, 0) is 10.5 Å². The lowest BCUT2D eigenvalue weighted by Crippen LogP contribution is -2.36. The number of fused-ring (bicyclic) bond motifs is 1. The van der Waals surface area contributed by atoms with Gasteiger partial charge >= 0.3 is 0 Å². The van der Waals surface area contributed by atoms with Gasteiger partial charge in [0.15, 0.2) is 16.1 Å². The number of amides is 1. The molecule has 1 N–H and O–H groups in total. The SMILES string of the molecule is CC1CCN(C2=NN3C(=N)/C(=C/c4ccc(SCc5ccco5)o4)C(=O)N=C3S2)CC1. The third-order valence-corrected chi connectivity index (χ3v) is 7.23. The second-order valence-corrected chi connectivity index (χ2v) is 9.51. The Morgan fingerprint density at radius 1 is 1.29 bits per heavy atom. The Labute approximate surface area is 187 Å². The number of amidine groups is 3. The predicted molar refractivity (Wildman–Crippen MR) is 122 cm³/mol. The lowest BCUT2D eigenvalue weighted by molar-refractivity contribution is -0.114. The van der Waals surface area contributed by atoms with Gasteiger partial charge in [-0.25, -0.2) is 0 Å². The molecule has 3 aliphatic heterocycles. The second-order valence-electron chi connectivity index (χ2n) is 7.60. The molecule has 0 bridgehead atoms. The third kappa shape index (κ3) is 4.22. The van der Waals surface area contributed by atoms with Crippen molar-refractivity contribution in [3.8, 4) is 0 Å². The van der Waals surface area contributed by atoms with Crippen LogP contribution in [0.2, 0.25) is 0 Å². The number of likely N-dealkylation sites (tertiary alicyclic amines) is 1. The van der Waals surface area contributed by atoms with Gasteiger partial charge in [0.25, 0.3) is 5.91 Å². The topological polar surface area (TPSA) is 98.4 Å². The standard InChI is InChI=1S/C21H21N5O3S2/c1-13-6-8-25(9-7-13)21-24-26-18(22)16(19(27)23-20(26)31-21)11-14-4-5-17(29-14)30-12-15-3-2-10-28-15/h2-5,10-11,13,22H,6-9,12H2,1H3/b16-11-,22-18?. The number of piperidine rings is 1. The Bertz CT molecular complexity index is 1090. The molecule has 0 unspecified atom stereocenters. The minimum absolute atomic E-state index is 0.0177. The summed E-state index contributed by atoms with van der Waals surface area (Å²) in [4.78, 5) is 19.0. The van der Waals surface area contributed by atoms with E-state index < -0.39 is 5.91 Å². The fraction of sp³-hybridized carbons (Fsp3) is 0.333. The van der Waals surface area contributed by atoms with E-state index in [4.69, 9.17) is 14.2 Å². The van der Waals surface area contributed by atoms with Crippen LogP contribution in [0.25, 0.3) is 6.08 Å². The van der Waals surface area contributed by atoms with Crippen LogP contribution in [0.5, 0.6) is 0 Å². The monoisotopic (exact) mass is 455 g/mol. The Kier molecular flexibility index (Phi) is 5.49. The summed E-state index contributed by atoms with van der Waals surface area (Å²) >= 11 is 2.85. The van der Waals surface area contributed by atoms with E-state index in [1.54, 1.807) is 18.4 Å². The van der Waals surface area contributed by atoms with Crippen LogP contribution in [0, 0.1) is 11.3 Å². The quantitative estimate of drug-likeness (QED) is 0.536. The summed E-state index contributed by atoms with van der Waals surface area (Å²) in [6.07, 6.45) is 5.43. The second kappa shape index (κ2) is 8.43. The first-order chi connectivity index (χ1) is 15.1. The third-order valence-electron chi connectivity index (χ3n) is 5.32. The van der Waals surface area contributed by atoms with Gasteiger partial charge in [-0.15, -0.1) is 5.10 Å². The number of hydrogen-bond donors (Lipinski definition) is 1. The van der Waals surface area contributed by atoms with Crippen molar-refractivity contribution in [3.05, 3.63) is 47.6 Å². The zero-order chi connectivity index (χ0) is 21.4. The molecule has 8 nitrogen and oxygen atoms in total. The van der Waals surface area contributed by atoms with E-state index in [0.29, 0.717) is 27.7 Å². The molecular weight excluding hydrogens is 434 g/mol. The van der Waals surface area contributed by atoms with Gasteiger partial charge in [0.1, 0.15) is 11.5 Å². The van der Waals surface area contributed by atoms with Crippen LogP contribution in [0.3, 0.4) is 0 Å². The number of carbonyl (C=O) groups excluding carboxylic acids is 1. The lowest BCUT2D eigenvalue weighted by atomic mass is 10.00. The van der Waals surface area contributed by atoms with Crippen molar-refractivity contribution in [2.45, 2.75) is 30.6 Å². The maximum Gasteiger partial charge on any atom is 0.283 e. The van der Waals surface area contributed by atoms with Crippen molar-refractivity contribution in [3.63, 3.8) is 0 Å². The summed E-state index contributed by atoms with van der Waals surface area (Å²) in [7, 11) is 0. The largest absolute Gasteiger partial charge is 0.468 e. The molecule has 31 heavy (non-hydrogen) atoms. The van der Waals surface area contributed by atoms with Crippen molar-refractivity contribution in [1.29, 1.82) is 5.41 Å². The Hall–Kier alpha value is -2.72. The van der Waals surface area contributed by atoms with Gasteiger partial charge in [-0.3, -0.25) is 10.2 Å². The van der Waals surface area contributed by atoms with Crippen LogP contribution < -0.4 is 0 Å². The number of nitrogens with one attached hydrogen (secondary N) is 1. The number of furan rings is 2. The maximum atomic E-state index is 12.6. The van der Waals surface area contributed by atoms with Gasteiger partial charge in [-0.05, 0) is 60.9 Å². The summed E-state index contributed by atoms with van der Waals surface area (Å²) in [6, 6.07) is 7.37. The molecule has 1 fully saturated rings. The minimum Gasteiger partial charge on any atom is -0.468 e. The molecule has 2 aromatic heterocycles. The highest BCUT2D eigenvalue weighted by Gasteiger charge is 2.37.